The lowest BCUT2D eigenvalue weighted by atomic mass is 10.2. The van der Waals surface area contributed by atoms with Crippen LogP contribution in [0.1, 0.15) is 5.56 Å². The van der Waals surface area contributed by atoms with Crippen molar-refractivity contribution in [2.24, 2.45) is 0 Å². The van der Waals surface area contributed by atoms with Gasteiger partial charge in [0, 0.05) is 9.13 Å². The number of hydrogen-bond acceptors (Lipinski definition) is 0. The fourth-order valence-corrected chi connectivity index (χ4v) is 1.17. The maximum Gasteiger partial charge on any atom is 0.194 e. The van der Waals surface area contributed by atoms with Gasteiger partial charge in [0.2, 0.25) is 0 Å². The smallest absolute Gasteiger partial charge is 0.194 e. The van der Waals surface area contributed by atoms with Crippen molar-refractivity contribution in [3.63, 3.8) is 0 Å². The van der Waals surface area contributed by atoms with Gasteiger partial charge < -0.3 is 0 Å². The molecule has 0 radical (unpaired) electrons. The van der Waals surface area contributed by atoms with Gasteiger partial charge in [-0.25, -0.2) is 13.2 Å². The minimum absolute atomic E-state index is 0.143. The van der Waals surface area contributed by atoms with E-state index in [1.54, 1.807) is 22.6 Å². The van der Waals surface area contributed by atoms with Crippen LogP contribution < -0.4 is 0 Å². The number of rotatable bonds is 0. The lowest BCUT2D eigenvalue weighted by molar-refractivity contribution is 0.442. The molecule has 0 amide bonds. The monoisotopic (exact) mass is 272 g/mol. The van der Waals surface area contributed by atoms with Crippen LogP contribution >= 0.6 is 22.6 Å². The van der Waals surface area contributed by atoms with E-state index in [2.05, 4.69) is 0 Å². The molecule has 0 unspecified atom stereocenters. The zero-order chi connectivity index (χ0) is 8.59. The van der Waals surface area contributed by atoms with Crippen molar-refractivity contribution in [2.75, 3.05) is 0 Å². The maximum absolute atomic E-state index is 12.6. The summed E-state index contributed by atoms with van der Waals surface area (Å²) in [5.74, 6) is -3.64. The van der Waals surface area contributed by atoms with Gasteiger partial charge in [-0.3, -0.25) is 0 Å². The second-order valence-electron chi connectivity index (χ2n) is 2.09. The molecule has 1 rings (SSSR count). The molecule has 0 N–H and O–H groups in total. The topological polar surface area (TPSA) is 0 Å². The third kappa shape index (κ3) is 1.50. The van der Waals surface area contributed by atoms with Crippen molar-refractivity contribution in [1.29, 1.82) is 0 Å². The molecule has 1 aromatic rings. The van der Waals surface area contributed by atoms with E-state index in [0.717, 1.165) is 6.07 Å². The van der Waals surface area contributed by atoms with Crippen molar-refractivity contribution in [3.8, 4) is 0 Å². The van der Waals surface area contributed by atoms with Gasteiger partial charge in [-0.05, 0) is 35.6 Å². The lowest BCUT2D eigenvalue weighted by Gasteiger charge is -2.01. The first-order valence-electron chi connectivity index (χ1n) is 2.83. The van der Waals surface area contributed by atoms with Gasteiger partial charge in [0.15, 0.2) is 17.5 Å². The Morgan fingerprint density at radius 2 is 1.73 bits per heavy atom. The third-order valence-electron chi connectivity index (χ3n) is 1.34. The summed E-state index contributed by atoms with van der Waals surface area (Å²) in [5, 5.41) is 0. The van der Waals surface area contributed by atoms with Crippen molar-refractivity contribution in [1.82, 2.24) is 0 Å². The molecule has 60 valence electrons. The standard InChI is InChI=1S/C7H4F3I/c1-3-5(11)2-4(8)7(10)6(3)9/h2H,1H3. The SMILES string of the molecule is Cc1c(I)cc(F)c(F)c1F. The normalized spacial score (nSPS) is 10.3. The van der Waals surface area contributed by atoms with E-state index in [4.69, 9.17) is 0 Å². The van der Waals surface area contributed by atoms with E-state index in [1.807, 2.05) is 0 Å². The summed E-state index contributed by atoms with van der Waals surface area (Å²) in [4.78, 5) is 0. The molecule has 4 heteroatoms. The van der Waals surface area contributed by atoms with E-state index in [-0.39, 0.29) is 5.56 Å². The highest BCUT2D eigenvalue weighted by Crippen LogP contribution is 2.20. The van der Waals surface area contributed by atoms with E-state index in [1.165, 1.54) is 6.92 Å². The van der Waals surface area contributed by atoms with Crippen molar-refractivity contribution >= 4 is 22.6 Å². The molecule has 0 fully saturated rings. The van der Waals surface area contributed by atoms with Crippen molar-refractivity contribution in [2.45, 2.75) is 6.92 Å². The quantitative estimate of drug-likeness (QED) is 0.387. The van der Waals surface area contributed by atoms with E-state index < -0.39 is 17.5 Å². The summed E-state index contributed by atoms with van der Waals surface area (Å²) >= 11 is 1.75. The Labute approximate surface area is 75.6 Å². The number of halogens is 4. The molecular weight excluding hydrogens is 268 g/mol. The first kappa shape index (κ1) is 8.83. The minimum Gasteiger partial charge on any atom is -0.204 e. The summed E-state index contributed by atoms with van der Waals surface area (Å²) in [6, 6.07) is 0.967. The largest absolute Gasteiger partial charge is 0.204 e. The Hall–Kier alpha value is -0.260. The van der Waals surface area contributed by atoms with Crippen LogP contribution in [-0.4, -0.2) is 0 Å². The molecule has 0 bridgehead atoms. The molecular formula is C7H4F3I. The zero-order valence-electron chi connectivity index (χ0n) is 5.59. The van der Waals surface area contributed by atoms with Crippen LogP contribution in [-0.2, 0) is 0 Å². The van der Waals surface area contributed by atoms with Gasteiger partial charge in [-0.15, -0.1) is 0 Å². The molecule has 0 heterocycles. The Morgan fingerprint density at radius 3 is 2.27 bits per heavy atom. The summed E-state index contributed by atoms with van der Waals surface area (Å²) in [5.41, 5.74) is 0.143. The Kier molecular flexibility index (Phi) is 2.41. The van der Waals surface area contributed by atoms with E-state index >= 15 is 0 Å². The van der Waals surface area contributed by atoms with Crippen molar-refractivity contribution < 1.29 is 13.2 Å². The molecule has 0 aliphatic carbocycles. The van der Waals surface area contributed by atoms with Gasteiger partial charge in [0.05, 0.1) is 0 Å². The van der Waals surface area contributed by atoms with Crippen LogP contribution in [0.4, 0.5) is 13.2 Å². The van der Waals surface area contributed by atoms with Crippen LogP contribution in [0.25, 0.3) is 0 Å². The Bertz CT molecular complexity index is 270. The van der Waals surface area contributed by atoms with Gasteiger partial charge >= 0.3 is 0 Å². The van der Waals surface area contributed by atoms with Crippen LogP contribution in [0.3, 0.4) is 0 Å². The van der Waals surface area contributed by atoms with E-state index in [9.17, 15) is 13.2 Å². The summed E-state index contributed by atoms with van der Waals surface area (Å²) in [6.45, 7) is 1.40. The number of hydrogen-bond donors (Lipinski definition) is 0. The summed E-state index contributed by atoms with van der Waals surface area (Å²) < 4.78 is 37.8. The third-order valence-corrected chi connectivity index (χ3v) is 2.46. The van der Waals surface area contributed by atoms with Crippen molar-refractivity contribution in [3.05, 3.63) is 32.7 Å². The van der Waals surface area contributed by atoms with Gasteiger partial charge in [0.1, 0.15) is 0 Å². The molecule has 0 nitrogen and oxygen atoms in total. The molecule has 0 spiro atoms. The predicted molar refractivity (Wildman–Crippen MR) is 43.8 cm³/mol. The Balaban J connectivity index is 3.46. The molecule has 0 aliphatic rings. The first-order valence-corrected chi connectivity index (χ1v) is 3.91. The molecule has 0 aliphatic heterocycles. The molecule has 1 aromatic carbocycles. The average Bonchev–Trinajstić information content (AvgIpc) is 1.97. The molecule has 0 aromatic heterocycles. The zero-order valence-corrected chi connectivity index (χ0v) is 7.75. The van der Waals surface area contributed by atoms with Crippen LogP contribution in [0.5, 0.6) is 0 Å². The fourth-order valence-electron chi connectivity index (χ4n) is 0.657. The summed E-state index contributed by atoms with van der Waals surface area (Å²) in [6.07, 6.45) is 0. The first-order chi connectivity index (χ1) is 5.04. The van der Waals surface area contributed by atoms with Gasteiger partial charge in [-0.1, -0.05) is 0 Å². The molecule has 11 heavy (non-hydrogen) atoms. The lowest BCUT2D eigenvalue weighted by Crippen LogP contribution is -1.96. The molecule has 0 saturated carbocycles. The van der Waals surface area contributed by atoms with E-state index in [0.29, 0.717) is 3.57 Å². The average molecular weight is 272 g/mol. The molecule has 0 saturated heterocycles. The van der Waals surface area contributed by atoms with Gasteiger partial charge in [-0.2, -0.15) is 0 Å². The highest BCUT2D eigenvalue weighted by molar-refractivity contribution is 14.1. The Morgan fingerprint density at radius 1 is 1.18 bits per heavy atom. The second-order valence-corrected chi connectivity index (χ2v) is 3.26. The highest BCUT2D eigenvalue weighted by Gasteiger charge is 2.13. The summed E-state index contributed by atoms with van der Waals surface area (Å²) in [7, 11) is 0. The van der Waals surface area contributed by atoms with Crippen LogP contribution in [0, 0.1) is 27.9 Å². The fraction of sp³-hybridized carbons (Fsp3) is 0.143. The minimum atomic E-state index is -1.40. The maximum atomic E-state index is 12.6. The van der Waals surface area contributed by atoms with Crippen LogP contribution in [0.2, 0.25) is 0 Å². The highest BCUT2D eigenvalue weighted by atomic mass is 127. The van der Waals surface area contributed by atoms with Gasteiger partial charge in [0.25, 0.3) is 0 Å². The molecule has 0 atom stereocenters. The second kappa shape index (κ2) is 3.00. The predicted octanol–water partition coefficient (Wildman–Crippen LogP) is 3.02. The number of benzene rings is 1. The van der Waals surface area contributed by atoms with Crippen LogP contribution in [0.15, 0.2) is 6.07 Å².